The van der Waals surface area contributed by atoms with Crippen molar-refractivity contribution in [2.24, 2.45) is 5.92 Å². The average Bonchev–Trinajstić information content (AvgIpc) is 2.70. The normalized spacial score (nSPS) is 23.6. The van der Waals surface area contributed by atoms with E-state index in [9.17, 15) is 13.2 Å². The van der Waals surface area contributed by atoms with E-state index in [2.05, 4.69) is 12.2 Å². The molecule has 1 aromatic rings. The molecule has 1 aliphatic carbocycles. The van der Waals surface area contributed by atoms with E-state index in [-0.39, 0.29) is 16.2 Å². The molecule has 0 bridgehead atoms. The molecule has 1 heterocycles. The zero-order chi connectivity index (χ0) is 14.9. The third-order valence-electron chi connectivity index (χ3n) is 3.73. The van der Waals surface area contributed by atoms with Gasteiger partial charge >= 0.3 is 0 Å². The molecule has 1 saturated carbocycles. The molecule has 112 valence electrons. The van der Waals surface area contributed by atoms with E-state index in [1.807, 2.05) is 0 Å². The minimum Gasteiger partial charge on any atom is -0.349 e. The number of amides is 1. The van der Waals surface area contributed by atoms with E-state index in [1.54, 1.807) is 12.3 Å². The fourth-order valence-electron chi connectivity index (χ4n) is 2.69. The summed E-state index contributed by atoms with van der Waals surface area (Å²) in [4.78, 5) is 12.2. The van der Waals surface area contributed by atoms with Gasteiger partial charge in [-0.25, -0.2) is 8.42 Å². The van der Waals surface area contributed by atoms with E-state index >= 15 is 0 Å². The third-order valence-corrected chi connectivity index (χ3v) is 7.04. The minimum atomic E-state index is -3.78. The zero-order valence-corrected chi connectivity index (χ0v) is 13.9. The van der Waals surface area contributed by atoms with Crippen molar-refractivity contribution < 1.29 is 13.2 Å². The SMILES string of the molecule is Cc1c(C(=O)NC2CCCC(C)C2)csc1S(=O)(=O)Cl. The summed E-state index contributed by atoms with van der Waals surface area (Å²) >= 11 is 0.993. The number of carbonyl (C=O) groups is 1. The van der Waals surface area contributed by atoms with Crippen LogP contribution < -0.4 is 5.32 Å². The molecule has 2 unspecified atom stereocenters. The summed E-state index contributed by atoms with van der Waals surface area (Å²) in [7, 11) is 1.57. The first-order chi connectivity index (χ1) is 9.29. The van der Waals surface area contributed by atoms with Crippen molar-refractivity contribution in [3.05, 3.63) is 16.5 Å². The predicted molar refractivity (Wildman–Crippen MR) is 81.0 cm³/mol. The van der Waals surface area contributed by atoms with Gasteiger partial charge in [0.1, 0.15) is 4.21 Å². The molecule has 0 radical (unpaired) electrons. The van der Waals surface area contributed by atoms with Crippen molar-refractivity contribution in [3.63, 3.8) is 0 Å². The Bertz CT molecular complexity index is 609. The van der Waals surface area contributed by atoms with Gasteiger partial charge in [0.25, 0.3) is 15.0 Å². The fraction of sp³-hybridized carbons (Fsp3) is 0.615. The van der Waals surface area contributed by atoms with Gasteiger partial charge in [-0.3, -0.25) is 4.79 Å². The van der Waals surface area contributed by atoms with Gasteiger partial charge in [-0.05, 0) is 31.2 Å². The molecule has 0 spiro atoms. The van der Waals surface area contributed by atoms with E-state index in [4.69, 9.17) is 10.7 Å². The lowest BCUT2D eigenvalue weighted by atomic mass is 9.87. The molecule has 0 aromatic carbocycles. The zero-order valence-electron chi connectivity index (χ0n) is 11.5. The molecule has 4 nitrogen and oxygen atoms in total. The highest BCUT2D eigenvalue weighted by Gasteiger charge is 2.25. The number of hydrogen-bond acceptors (Lipinski definition) is 4. The molecule has 2 rings (SSSR count). The van der Waals surface area contributed by atoms with Crippen LogP contribution in [0.2, 0.25) is 0 Å². The number of carbonyl (C=O) groups excluding carboxylic acids is 1. The molecule has 1 amide bonds. The first-order valence-electron chi connectivity index (χ1n) is 6.62. The molecule has 0 aliphatic heterocycles. The topological polar surface area (TPSA) is 63.2 Å². The first-order valence-corrected chi connectivity index (χ1v) is 9.81. The van der Waals surface area contributed by atoms with Crippen molar-refractivity contribution in [1.29, 1.82) is 0 Å². The van der Waals surface area contributed by atoms with Crippen LogP contribution in [0.15, 0.2) is 9.59 Å². The Labute approximate surface area is 127 Å². The van der Waals surface area contributed by atoms with Crippen LogP contribution in [0.1, 0.15) is 48.5 Å². The van der Waals surface area contributed by atoms with Gasteiger partial charge < -0.3 is 5.32 Å². The fourth-order valence-corrected chi connectivity index (χ4v) is 5.24. The van der Waals surface area contributed by atoms with Crippen molar-refractivity contribution in [2.45, 2.75) is 49.8 Å². The average molecular weight is 336 g/mol. The second kappa shape index (κ2) is 6.03. The van der Waals surface area contributed by atoms with Crippen LogP contribution in [0.3, 0.4) is 0 Å². The molecule has 0 saturated heterocycles. The van der Waals surface area contributed by atoms with Gasteiger partial charge in [-0.2, -0.15) is 0 Å². The van der Waals surface area contributed by atoms with Crippen LogP contribution in [0.25, 0.3) is 0 Å². The molecule has 1 fully saturated rings. The van der Waals surface area contributed by atoms with Crippen LogP contribution in [0.4, 0.5) is 0 Å². The Morgan fingerprint density at radius 2 is 2.15 bits per heavy atom. The van der Waals surface area contributed by atoms with Crippen LogP contribution in [0.5, 0.6) is 0 Å². The summed E-state index contributed by atoms with van der Waals surface area (Å²) in [6, 6.07) is 0.182. The minimum absolute atomic E-state index is 0.0568. The highest BCUT2D eigenvalue weighted by molar-refractivity contribution is 8.15. The van der Waals surface area contributed by atoms with Crippen molar-refractivity contribution >= 4 is 37.0 Å². The molecular formula is C13H18ClNO3S2. The van der Waals surface area contributed by atoms with E-state index in [1.165, 1.54) is 6.42 Å². The summed E-state index contributed by atoms with van der Waals surface area (Å²) in [6.45, 7) is 3.80. The molecule has 1 aliphatic rings. The number of rotatable bonds is 3. The molecule has 1 aromatic heterocycles. The maximum absolute atomic E-state index is 12.2. The monoisotopic (exact) mass is 335 g/mol. The van der Waals surface area contributed by atoms with E-state index in [0.29, 0.717) is 17.0 Å². The van der Waals surface area contributed by atoms with Gasteiger partial charge in [0.05, 0.1) is 5.56 Å². The van der Waals surface area contributed by atoms with Crippen LogP contribution in [0, 0.1) is 12.8 Å². The number of halogens is 1. The molecule has 20 heavy (non-hydrogen) atoms. The van der Waals surface area contributed by atoms with Gasteiger partial charge in [0.15, 0.2) is 0 Å². The maximum atomic E-state index is 12.2. The lowest BCUT2D eigenvalue weighted by molar-refractivity contribution is 0.0921. The van der Waals surface area contributed by atoms with Gasteiger partial charge in [-0.1, -0.05) is 19.8 Å². The molecule has 1 N–H and O–H groups in total. The quantitative estimate of drug-likeness (QED) is 0.862. The summed E-state index contributed by atoms with van der Waals surface area (Å²) in [5.41, 5.74) is 0.846. The van der Waals surface area contributed by atoms with Gasteiger partial charge in [-0.15, -0.1) is 11.3 Å². The van der Waals surface area contributed by atoms with Crippen LogP contribution in [-0.2, 0) is 9.05 Å². The molecule has 7 heteroatoms. The second-order valence-corrected chi connectivity index (χ2v) is 9.08. The standard InChI is InChI=1S/C13H18ClNO3S2/c1-8-4-3-5-10(6-8)15-12(16)11-7-19-13(9(11)2)20(14,17)18/h7-8,10H,3-6H2,1-2H3,(H,15,16). The number of nitrogens with one attached hydrogen (secondary N) is 1. The summed E-state index contributed by atoms with van der Waals surface area (Å²) < 4.78 is 22.8. The van der Waals surface area contributed by atoms with E-state index < -0.39 is 9.05 Å². The van der Waals surface area contributed by atoms with Gasteiger partial charge in [0, 0.05) is 22.1 Å². The van der Waals surface area contributed by atoms with Crippen molar-refractivity contribution in [1.82, 2.24) is 5.32 Å². The molecule has 2 atom stereocenters. The summed E-state index contributed by atoms with van der Waals surface area (Å²) in [5, 5.41) is 4.56. The van der Waals surface area contributed by atoms with Crippen molar-refractivity contribution in [3.8, 4) is 0 Å². The number of hydrogen-bond donors (Lipinski definition) is 1. The Balaban J connectivity index is 2.12. The Kier molecular flexibility index (Phi) is 4.76. The first kappa shape index (κ1) is 15.8. The highest BCUT2D eigenvalue weighted by Crippen LogP contribution is 2.30. The summed E-state index contributed by atoms with van der Waals surface area (Å²) in [5.74, 6) is 0.417. The second-order valence-electron chi connectivity index (χ2n) is 5.44. The van der Waals surface area contributed by atoms with Crippen LogP contribution in [-0.4, -0.2) is 20.4 Å². The molecular weight excluding hydrogens is 318 g/mol. The predicted octanol–water partition coefficient (Wildman–Crippen LogP) is 3.29. The third kappa shape index (κ3) is 3.54. The Morgan fingerprint density at radius 3 is 2.70 bits per heavy atom. The van der Waals surface area contributed by atoms with Crippen LogP contribution >= 0.6 is 22.0 Å². The Morgan fingerprint density at radius 1 is 1.45 bits per heavy atom. The van der Waals surface area contributed by atoms with Crippen molar-refractivity contribution in [2.75, 3.05) is 0 Å². The largest absolute Gasteiger partial charge is 0.349 e. The number of thiophene rings is 1. The lowest BCUT2D eigenvalue weighted by Gasteiger charge is -2.27. The summed E-state index contributed by atoms with van der Waals surface area (Å²) in [6.07, 6.45) is 4.30. The Hall–Kier alpha value is -0.590. The smallest absolute Gasteiger partial charge is 0.271 e. The lowest BCUT2D eigenvalue weighted by Crippen LogP contribution is -2.38. The van der Waals surface area contributed by atoms with Gasteiger partial charge in [0.2, 0.25) is 0 Å². The highest BCUT2D eigenvalue weighted by atomic mass is 35.7. The van der Waals surface area contributed by atoms with E-state index in [0.717, 1.165) is 30.6 Å². The maximum Gasteiger partial charge on any atom is 0.271 e.